The van der Waals surface area contributed by atoms with Gasteiger partial charge in [-0.15, -0.1) is 0 Å². The Labute approximate surface area is 164 Å². The average molecular weight is 365 g/mol. The Morgan fingerprint density at radius 3 is 2.15 bits per heavy atom. The molecule has 1 amide bonds. The number of rotatable bonds is 8. The van der Waals surface area contributed by atoms with Crippen molar-refractivity contribution in [3.63, 3.8) is 0 Å². The van der Waals surface area contributed by atoms with Gasteiger partial charge < -0.3 is 4.90 Å². The highest BCUT2D eigenvalue weighted by molar-refractivity contribution is 5.76. The second-order valence-electron chi connectivity index (χ2n) is 7.53. The number of nitrogens with zero attached hydrogens (tertiary/aromatic N) is 2. The van der Waals surface area contributed by atoms with Crippen LogP contribution in [-0.4, -0.2) is 41.9 Å². The van der Waals surface area contributed by atoms with Crippen molar-refractivity contribution in [2.24, 2.45) is 0 Å². The lowest BCUT2D eigenvalue weighted by Crippen LogP contribution is -2.48. The number of hydrogen-bond donors (Lipinski definition) is 0. The van der Waals surface area contributed by atoms with Gasteiger partial charge in [-0.05, 0) is 23.1 Å². The van der Waals surface area contributed by atoms with Gasteiger partial charge in [0, 0.05) is 39.1 Å². The molecule has 0 aliphatic carbocycles. The van der Waals surface area contributed by atoms with Crippen molar-refractivity contribution in [3.05, 3.63) is 60.2 Å². The molecular formula is C24H32N2O. The summed E-state index contributed by atoms with van der Waals surface area (Å²) < 4.78 is 0. The number of benzene rings is 2. The molecule has 27 heavy (non-hydrogen) atoms. The lowest BCUT2D eigenvalue weighted by Gasteiger charge is -2.35. The molecule has 3 rings (SSSR count). The first-order valence-corrected chi connectivity index (χ1v) is 10.4. The fourth-order valence-corrected chi connectivity index (χ4v) is 3.71. The van der Waals surface area contributed by atoms with Crippen LogP contribution in [0.25, 0.3) is 11.1 Å². The summed E-state index contributed by atoms with van der Waals surface area (Å²) in [7, 11) is 0. The van der Waals surface area contributed by atoms with Gasteiger partial charge in [0.15, 0.2) is 0 Å². The maximum absolute atomic E-state index is 12.3. The Bertz CT molecular complexity index is 688. The first kappa shape index (κ1) is 19.6. The molecule has 0 radical (unpaired) electrons. The lowest BCUT2D eigenvalue weighted by atomic mass is 10.0. The smallest absolute Gasteiger partial charge is 0.222 e. The van der Waals surface area contributed by atoms with Crippen LogP contribution >= 0.6 is 0 Å². The molecule has 0 saturated carbocycles. The Morgan fingerprint density at radius 2 is 1.48 bits per heavy atom. The van der Waals surface area contributed by atoms with Crippen LogP contribution in [0.1, 0.15) is 44.6 Å². The molecule has 0 unspecified atom stereocenters. The van der Waals surface area contributed by atoms with Crippen molar-refractivity contribution in [1.82, 2.24) is 9.80 Å². The molecule has 3 heteroatoms. The van der Waals surface area contributed by atoms with E-state index >= 15 is 0 Å². The van der Waals surface area contributed by atoms with Crippen molar-refractivity contribution < 1.29 is 4.79 Å². The van der Waals surface area contributed by atoms with Crippen molar-refractivity contribution in [3.8, 4) is 11.1 Å². The van der Waals surface area contributed by atoms with Crippen LogP contribution in [0.2, 0.25) is 0 Å². The first-order valence-electron chi connectivity index (χ1n) is 10.4. The van der Waals surface area contributed by atoms with Gasteiger partial charge >= 0.3 is 0 Å². The van der Waals surface area contributed by atoms with Gasteiger partial charge in [-0.1, -0.05) is 80.8 Å². The summed E-state index contributed by atoms with van der Waals surface area (Å²) in [6, 6.07) is 19.4. The number of carbonyl (C=O) groups excluding carboxylic acids is 1. The average Bonchev–Trinajstić information content (AvgIpc) is 2.73. The molecule has 1 saturated heterocycles. The molecule has 0 aromatic heterocycles. The number of piperazine rings is 1. The molecule has 0 bridgehead atoms. The zero-order valence-electron chi connectivity index (χ0n) is 16.6. The number of hydrogen-bond acceptors (Lipinski definition) is 2. The highest BCUT2D eigenvalue weighted by Crippen LogP contribution is 2.20. The molecular weight excluding hydrogens is 332 g/mol. The van der Waals surface area contributed by atoms with E-state index in [0.717, 1.165) is 45.6 Å². The van der Waals surface area contributed by atoms with E-state index in [2.05, 4.69) is 65.3 Å². The number of carbonyl (C=O) groups is 1. The Balaban J connectivity index is 1.43. The Morgan fingerprint density at radius 1 is 0.815 bits per heavy atom. The maximum Gasteiger partial charge on any atom is 0.222 e. The van der Waals surface area contributed by atoms with E-state index < -0.39 is 0 Å². The van der Waals surface area contributed by atoms with Crippen LogP contribution < -0.4 is 0 Å². The van der Waals surface area contributed by atoms with E-state index in [1.165, 1.54) is 36.0 Å². The van der Waals surface area contributed by atoms with Crippen LogP contribution in [-0.2, 0) is 11.3 Å². The summed E-state index contributed by atoms with van der Waals surface area (Å²) >= 11 is 0. The van der Waals surface area contributed by atoms with E-state index in [1.54, 1.807) is 0 Å². The number of amides is 1. The second-order valence-corrected chi connectivity index (χ2v) is 7.53. The highest BCUT2D eigenvalue weighted by atomic mass is 16.2. The number of unbranched alkanes of at least 4 members (excludes halogenated alkanes) is 3. The molecule has 2 aromatic carbocycles. The van der Waals surface area contributed by atoms with Gasteiger partial charge in [-0.25, -0.2) is 0 Å². The third-order valence-electron chi connectivity index (χ3n) is 5.44. The lowest BCUT2D eigenvalue weighted by molar-refractivity contribution is -0.133. The summed E-state index contributed by atoms with van der Waals surface area (Å²) in [5.41, 5.74) is 3.86. The van der Waals surface area contributed by atoms with Gasteiger partial charge in [0.2, 0.25) is 5.91 Å². The standard InChI is InChI=1S/C24H32N2O/c1-2-3-4-8-11-24(27)26-18-16-25(17-19-26)20-21-12-14-23(15-13-21)22-9-6-5-7-10-22/h5-7,9-10,12-15H,2-4,8,11,16-20H2,1H3. The van der Waals surface area contributed by atoms with Crippen LogP contribution in [0, 0.1) is 0 Å². The largest absolute Gasteiger partial charge is 0.340 e. The molecule has 3 nitrogen and oxygen atoms in total. The van der Waals surface area contributed by atoms with E-state index in [4.69, 9.17) is 0 Å². The van der Waals surface area contributed by atoms with Crippen LogP contribution in [0.15, 0.2) is 54.6 Å². The second kappa shape index (κ2) is 10.3. The fraction of sp³-hybridized carbons (Fsp3) is 0.458. The van der Waals surface area contributed by atoms with Gasteiger partial charge in [-0.2, -0.15) is 0 Å². The quantitative estimate of drug-likeness (QED) is 0.618. The van der Waals surface area contributed by atoms with E-state index in [1.807, 2.05) is 6.07 Å². The summed E-state index contributed by atoms with van der Waals surface area (Å²) in [5, 5.41) is 0. The molecule has 1 aliphatic heterocycles. The SMILES string of the molecule is CCCCCCC(=O)N1CCN(Cc2ccc(-c3ccccc3)cc2)CC1. The molecule has 0 atom stereocenters. The van der Waals surface area contributed by atoms with Gasteiger partial charge in [-0.3, -0.25) is 9.69 Å². The zero-order valence-corrected chi connectivity index (χ0v) is 16.6. The summed E-state index contributed by atoms with van der Waals surface area (Å²) in [5.74, 6) is 0.345. The third-order valence-corrected chi connectivity index (χ3v) is 5.44. The summed E-state index contributed by atoms with van der Waals surface area (Å²) in [6.45, 7) is 6.86. The van der Waals surface area contributed by atoms with E-state index in [0.29, 0.717) is 5.91 Å². The van der Waals surface area contributed by atoms with Gasteiger partial charge in [0.05, 0.1) is 0 Å². The van der Waals surface area contributed by atoms with Crippen molar-refractivity contribution >= 4 is 5.91 Å². The molecule has 2 aromatic rings. The maximum atomic E-state index is 12.3. The molecule has 1 fully saturated rings. The van der Waals surface area contributed by atoms with E-state index in [-0.39, 0.29) is 0 Å². The van der Waals surface area contributed by atoms with Gasteiger partial charge in [0.1, 0.15) is 0 Å². The Kier molecular flexibility index (Phi) is 7.46. The molecule has 1 aliphatic rings. The van der Waals surface area contributed by atoms with Crippen LogP contribution in [0.5, 0.6) is 0 Å². The van der Waals surface area contributed by atoms with Gasteiger partial charge in [0.25, 0.3) is 0 Å². The summed E-state index contributed by atoms with van der Waals surface area (Å²) in [6.07, 6.45) is 5.41. The minimum atomic E-state index is 0.345. The highest BCUT2D eigenvalue weighted by Gasteiger charge is 2.20. The molecule has 0 N–H and O–H groups in total. The van der Waals surface area contributed by atoms with E-state index in [9.17, 15) is 4.79 Å². The normalized spacial score (nSPS) is 15.1. The zero-order chi connectivity index (χ0) is 18.9. The molecule has 1 heterocycles. The first-order chi connectivity index (χ1) is 13.3. The Hall–Kier alpha value is -2.13. The minimum absolute atomic E-state index is 0.345. The predicted molar refractivity (Wildman–Crippen MR) is 112 cm³/mol. The van der Waals surface area contributed by atoms with Crippen molar-refractivity contribution in [2.45, 2.75) is 45.6 Å². The molecule has 0 spiro atoms. The topological polar surface area (TPSA) is 23.6 Å². The van der Waals surface area contributed by atoms with Crippen LogP contribution in [0.4, 0.5) is 0 Å². The van der Waals surface area contributed by atoms with Crippen LogP contribution in [0.3, 0.4) is 0 Å². The summed E-state index contributed by atoms with van der Waals surface area (Å²) in [4.78, 5) is 16.8. The monoisotopic (exact) mass is 364 g/mol. The fourth-order valence-electron chi connectivity index (χ4n) is 3.71. The minimum Gasteiger partial charge on any atom is -0.340 e. The predicted octanol–water partition coefficient (Wildman–Crippen LogP) is 4.97. The molecule has 144 valence electrons. The third kappa shape index (κ3) is 5.93. The van der Waals surface area contributed by atoms with Crippen molar-refractivity contribution in [2.75, 3.05) is 26.2 Å². The van der Waals surface area contributed by atoms with Crippen molar-refractivity contribution in [1.29, 1.82) is 0 Å².